The number of furan rings is 1. The molecule has 0 radical (unpaired) electrons. The summed E-state index contributed by atoms with van der Waals surface area (Å²) in [6, 6.07) is 5.65. The summed E-state index contributed by atoms with van der Waals surface area (Å²) in [4.78, 5) is 12.4. The number of carbonyl (C=O) groups excluding carboxylic acids is 1. The standard InChI is InChI=1S/C17H18N2O3/c1-9-4-5-12(21-9)16-10(8-18)15(19)14-11(20)6-17(2,3)7-13(14)22-16/h4-5,10,16,19H,6-7H2,1-3H3/t10-,16-/m1/s1. The fourth-order valence-corrected chi connectivity index (χ4v) is 3.15. The molecule has 1 aliphatic heterocycles. The van der Waals surface area contributed by atoms with Crippen LogP contribution in [0.1, 0.15) is 44.3 Å². The van der Waals surface area contributed by atoms with Crippen molar-refractivity contribution in [3.05, 3.63) is 35.0 Å². The third-order valence-corrected chi connectivity index (χ3v) is 4.17. The fourth-order valence-electron chi connectivity index (χ4n) is 3.15. The van der Waals surface area contributed by atoms with E-state index in [4.69, 9.17) is 14.6 Å². The van der Waals surface area contributed by atoms with E-state index in [9.17, 15) is 10.1 Å². The predicted octanol–water partition coefficient (Wildman–Crippen LogP) is 3.46. The van der Waals surface area contributed by atoms with Crippen LogP contribution < -0.4 is 0 Å². The Morgan fingerprint density at radius 1 is 1.36 bits per heavy atom. The highest BCUT2D eigenvalue weighted by atomic mass is 16.5. The third kappa shape index (κ3) is 2.25. The Balaban J connectivity index is 2.06. The molecule has 5 heteroatoms. The highest BCUT2D eigenvalue weighted by molar-refractivity contribution is 6.24. The number of aryl methyl sites for hydroxylation is 1. The maximum atomic E-state index is 12.4. The molecule has 22 heavy (non-hydrogen) atoms. The van der Waals surface area contributed by atoms with Crippen LogP contribution in [-0.2, 0) is 9.53 Å². The number of ketones is 1. The van der Waals surface area contributed by atoms with Crippen molar-refractivity contribution in [3.63, 3.8) is 0 Å². The Kier molecular flexibility index (Phi) is 3.21. The van der Waals surface area contributed by atoms with E-state index >= 15 is 0 Å². The van der Waals surface area contributed by atoms with Crippen LogP contribution in [0.4, 0.5) is 0 Å². The number of hydrogen-bond donors (Lipinski definition) is 1. The van der Waals surface area contributed by atoms with Gasteiger partial charge in [0, 0.05) is 12.8 Å². The van der Waals surface area contributed by atoms with Gasteiger partial charge in [0.05, 0.1) is 17.4 Å². The molecule has 0 unspecified atom stereocenters. The van der Waals surface area contributed by atoms with Gasteiger partial charge in [-0.05, 0) is 24.5 Å². The second-order valence-corrected chi connectivity index (χ2v) is 6.75. The minimum absolute atomic E-state index is 0.0586. The molecule has 0 saturated carbocycles. The van der Waals surface area contributed by atoms with Gasteiger partial charge in [0.2, 0.25) is 0 Å². The lowest BCUT2D eigenvalue weighted by Crippen LogP contribution is -2.38. The Bertz CT molecular complexity index is 733. The number of allylic oxidation sites excluding steroid dienone is 2. The summed E-state index contributed by atoms with van der Waals surface area (Å²) < 4.78 is 11.6. The molecule has 1 aromatic rings. The first-order valence-corrected chi connectivity index (χ1v) is 7.30. The van der Waals surface area contributed by atoms with Gasteiger partial charge in [0.15, 0.2) is 11.9 Å². The van der Waals surface area contributed by atoms with Crippen LogP contribution in [0.25, 0.3) is 0 Å². The number of ether oxygens (including phenoxy) is 1. The van der Waals surface area contributed by atoms with Crippen LogP contribution in [0.15, 0.2) is 27.9 Å². The molecule has 0 amide bonds. The zero-order chi connectivity index (χ0) is 16.1. The molecule has 2 heterocycles. The van der Waals surface area contributed by atoms with E-state index < -0.39 is 12.0 Å². The number of Topliss-reactive ketones (excluding diaryl/α,β-unsaturated/α-hetero) is 1. The molecule has 2 atom stereocenters. The minimum atomic E-state index is -0.825. The zero-order valence-electron chi connectivity index (χ0n) is 12.9. The van der Waals surface area contributed by atoms with E-state index in [-0.39, 0.29) is 16.9 Å². The van der Waals surface area contributed by atoms with Crippen molar-refractivity contribution in [1.29, 1.82) is 10.7 Å². The van der Waals surface area contributed by atoms with E-state index in [2.05, 4.69) is 6.07 Å². The summed E-state index contributed by atoms with van der Waals surface area (Å²) in [5, 5.41) is 17.7. The lowest BCUT2D eigenvalue weighted by atomic mass is 9.72. The normalized spacial score (nSPS) is 27.2. The molecule has 114 valence electrons. The summed E-state index contributed by atoms with van der Waals surface area (Å²) in [6.07, 6.45) is 0.303. The van der Waals surface area contributed by atoms with Crippen LogP contribution >= 0.6 is 0 Å². The van der Waals surface area contributed by atoms with Crippen molar-refractivity contribution in [2.75, 3.05) is 0 Å². The van der Waals surface area contributed by atoms with Crippen molar-refractivity contribution < 1.29 is 13.9 Å². The second kappa shape index (κ2) is 4.84. The van der Waals surface area contributed by atoms with Crippen LogP contribution in [0.3, 0.4) is 0 Å². The van der Waals surface area contributed by atoms with Gasteiger partial charge in [-0.2, -0.15) is 5.26 Å². The summed E-state index contributed by atoms with van der Waals surface area (Å²) in [6.45, 7) is 5.82. The van der Waals surface area contributed by atoms with E-state index in [1.54, 1.807) is 12.1 Å². The highest BCUT2D eigenvalue weighted by Crippen LogP contribution is 2.45. The van der Waals surface area contributed by atoms with E-state index in [0.29, 0.717) is 29.9 Å². The summed E-state index contributed by atoms with van der Waals surface area (Å²) >= 11 is 0. The molecule has 0 saturated heterocycles. The van der Waals surface area contributed by atoms with Crippen LogP contribution in [0, 0.1) is 35.0 Å². The average molecular weight is 298 g/mol. The first kappa shape index (κ1) is 14.6. The number of hydrogen-bond acceptors (Lipinski definition) is 5. The molecular formula is C17H18N2O3. The number of carbonyl (C=O) groups is 1. The molecule has 3 rings (SSSR count). The fraction of sp³-hybridized carbons (Fsp3) is 0.471. The molecule has 0 fully saturated rings. The predicted molar refractivity (Wildman–Crippen MR) is 79.1 cm³/mol. The Morgan fingerprint density at radius 3 is 2.68 bits per heavy atom. The van der Waals surface area contributed by atoms with Crippen molar-refractivity contribution in [2.45, 2.75) is 39.7 Å². The zero-order valence-corrected chi connectivity index (χ0v) is 12.9. The van der Waals surface area contributed by atoms with Crippen LogP contribution in [0.5, 0.6) is 0 Å². The van der Waals surface area contributed by atoms with Gasteiger partial charge < -0.3 is 14.6 Å². The highest BCUT2D eigenvalue weighted by Gasteiger charge is 2.45. The summed E-state index contributed by atoms with van der Waals surface area (Å²) in [5.41, 5.74) is 0.160. The van der Waals surface area contributed by atoms with Gasteiger partial charge >= 0.3 is 0 Å². The lowest BCUT2D eigenvalue weighted by Gasteiger charge is -2.38. The summed E-state index contributed by atoms with van der Waals surface area (Å²) in [7, 11) is 0. The molecule has 5 nitrogen and oxygen atoms in total. The number of nitrogens with one attached hydrogen (secondary N) is 1. The molecule has 2 aliphatic rings. The third-order valence-electron chi connectivity index (χ3n) is 4.17. The molecule has 1 aliphatic carbocycles. The largest absolute Gasteiger partial charge is 0.484 e. The van der Waals surface area contributed by atoms with Gasteiger partial charge in [-0.1, -0.05) is 13.8 Å². The van der Waals surface area contributed by atoms with E-state index in [1.165, 1.54) is 0 Å². The SMILES string of the molecule is Cc1ccc([C@@H]2OC3=C(C(=N)[C@H]2C#N)C(=O)CC(C)(C)C3)o1. The van der Waals surface area contributed by atoms with Gasteiger partial charge in [0.1, 0.15) is 23.2 Å². The molecule has 0 bridgehead atoms. The Labute approximate surface area is 129 Å². The maximum absolute atomic E-state index is 12.4. The molecule has 1 N–H and O–H groups in total. The van der Waals surface area contributed by atoms with Gasteiger partial charge in [-0.15, -0.1) is 0 Å². The van der Waals surface area contributed by atoms with Crippen LogP contribution in [0.2, 0.25) is 0 Å². The quantitative estimate of drug-likeness (QED) is 0.860. The average Bonchev–Trinajstić information content (AvgIpc) is 2.82. The van der Waals surface area contributed by atoms with E-state index in [1.807, 2.05) is 20.8 Å². The van der Waals surface area contributed by atoms with Crippen molar-refractivity contribution in [3.8, 4) is 6.07 Å². The molecule has 1 aromatic heterocycles. The minimum Gasteiger partial charge on any atom is -0.484 e. The summed E-state index contributed by atoms with van der Waals surface area (Å²) in [5.74, 6) is 0.842. The van der Waals surface area contributed by atoms with E-state index in [0.717, 1.165) is 5.76 Å². The number of nitrogens with zero attached hydrogens (tertiary/aromatic N) is 1. The Morgan fingerprint density at radius 2 is 2.09 bits per heavy atom. The van der Waals surface area contributed by atoms with Crippen molar-refractivity contribution in [2.24, 2.45) is 11.3 Å². The molecular weight excluding hydrogens is 280 g/mol. The molecule has 0 aromatic carbocycles. The molecule has 0 spiro atoms. The van der Waals surface area contributed by atoms with Gasteiger partial charge in [0.25, 0.3) is 0 Å². The first-order valence-electron chi connectivity index (χ1n) is 7.30. The Hall–Kier alpha value is -2.35. The van der Waals surface area contributed by atoms with Crippen molar-refractivity contribution >= 4 is 11.5 Å². The van der Waals surface area contributed by atoms with Gasteiger partial charge in [-0.25, -0.2) is 0 Å². The van der Waals surface area contributed by atoms with Gasteiger partial charge in [-0.3, -0.25) is 4.79 Å². The monoisotopic (exact) mass is 298 g/mol. The van der Waals surface area contributed by atoms with Crippen molar-refractivity contribution in [1.82, 2.24) is 0 Å². The number of nitriles is 1. The smallest absolute Gasteiger partial charge is 0.177 e. The maximum Gasteiger partial charge on any atom is 0.177 e. The lowest BCUT2D eigenvalue weighted by molar-refractivity contribution is -0.118. The van der Waals surface area contributed by atoms with Crippen LogP contribution in [-0.4, -0.2) is 11.5 Å². The topological polar surface area (TPSA) is 87.1 Å². The second-order valence-electron chi connectivity index (χ2n) is 6.75. The first-order chi connectivity index (χ1) is 10.3. The number of rotatable bonds is 1.